The molecule has 2 rings (SSSR count). The fourth-order valence-corrected chi connectivity index (χ4v) is 1.94. The van der Waals surface area contributed by atoms with E-state index in [-0.39, 0.29) is 11.9 Å². The molecule has 0 spiro atoms. The van der Waals surface area contributed by atoms with Crippen molar-refractivity contribution in [1.82, 2.24) is 4.90 Å². The fourth-order valence-electron chi connectivity index (χ4n) is 1.94. The summed E-state index contributed by atoms with van der Waals surface area (Å²) >= 11 is 0. The third kappa shape index (κ3) is 2.78. The molecule has 4 heteroatoms. The Morgan fingerprint density at radius 2 is 2.05 bits per heavy atom. The summed E-state index contributed by atoms with van der Waals surface area (Å²) in [4.78, 5) is 13.9. The van der Waals surface area contributed by atoms with Gasteiger partial charge in [-0.1, -0.05) is 12.1 Å². The molecule has 1 aromatic carbocycles. The van der Waals surface area contributed by atoms with E-state index in [0.29, 0.717) is 11.4 Å². The molecule has 1 unspecified atom stereocenters. The maximum absolute atomic E-state index is 12.3. The topological polar surface area (TPSA) is 59.5 Å². The lowest BCUT2D eigenvalue weighted by Crippen LogP contribution is -2.29. The van der Waals surface area contributed by atoms with Crippen LogP contribution in [-0.4, -0.2) is 17.9 Å². The van der Waals surface area contributed by atoms with Gasteiger partial charge in [0.25, 0.3) is 5.91 Å². The molecule has 1 atom stereocenters. The molecular weight excluding hydrogens is 240 g/mol. The Hall–Kier alpha value is -2.23. The van der Waals surface area contributed by atoms with Gasteiger partial charge in [-0.15, -0.1) is 0 Å². The Morgan fingerprint density at radius 3 is 2.63 bits per heavy atom. The molecule has 19 heavy (non-hydrogen) atoms. The smallest absolute Gasteiger partial charge is 0.289 e. The van der Waals surface area contributed by atoms with Crippen LogP contribution in [0.25, 0.3) is 0 Å². The van der Waals surface area contributed by atoms with Gasteiger partial charge in [-0.25, -0.2) is 0 Å². The van der Waals surface area contributed by atoms with Crippen molar-refractivity contribution in [2.75, 3.05) is 12.8 Å². The van der Waals surface area contributed by atoms with E-state index in [2.05, 4.69) is 0 Å². The van der Waals surface area contributed by atoms with E-state index in [1.165, 1.54) is 0 Å². The number of rotatable bonds is 3. The number of anilines is 1. The zero-order valence-corrected chi connectivity index (χ0v) is 11.4. The van der Waals surface area contributed by atoms with Gasteiger partial charge in [0.1, 0.15) is 5.76 Å². The first-order chi connectivity index (χ1) is 8.99. The van der Waals surface area contributed by atoms with Crippen molar-refractivity contribution in [3.63, 3.8) is 0 Å². The van der Waals surface area contributed by atoms with Gasteiger partial charge >= 0.3 is 0 Å². The summed E-state index contributed by atoms with van der Waals surface area (Å²) in [6.07, 6.45) is 0. The monoisotopic (exact) mass is 258 g/mol. The molecule has 2 N–H and O–H groups in total. The van der Waals surface area contributed by atoms with Gasteiger partial charge in [0.15, 0.2) is 5.76 Å². The molecule has 1 amide bonds. The van der Waals surface area contributed by atoms with Gasteiger partial charge in [-0.3, -0.25) is 4.79 Å². The standard InChI is InChI=1S/C15H18N2O2/c1-10-7-8-14(19-10)15(18)17(3)11(2)12-5-4-6-13(16)9-12/h4-9,11H,16H2,1-3H3. The number of nitrogens with zero attached hydrogens (tertiary/aromatic N) is 1. The Labute approximate surface area is 112 Å². The zero-order valence-electron chi connectivity index (χ0n) is 11.4. The number of hydrogen-bond acceptors (Lipinski definition) is 3. The normalized spacial score (nSPS) is 12.2. The van der Waals surface area contributed by atoms with Gasteiger partial charge in [0, 0.05) is 12.7 Å². The summed E-state index contributed by atoms with van der Waals surface area (Å²) in [5, 5.41) is 0. The average Bonchev–Trinajstić information content (AvgIpc) is 2.83. The van der Waals surface area contributed by atoms with E-state index < -0.39 is 0 Å². The largest absolute Gasteiger partial charge is 0.456 e. The molecule has 0 bridgehead atoms. The van der Waals surface area contributed by atoms with Crippen LogP contribution in [0.5, 0.6) is 0 Å². The molecule has 0 saturated carbocycles. The Balaban J connectivity index is 2.19. The summed E-state index contributed by atoms with van der Waals surface area (Å²) in [5.41, 5.74) is 7.46. The fraction of sp³-hybridized carbons (Fsp3) is 0.267. The molecule has 0 aliphatic rings. The number of nitrogens with two attached hydrogens (primary N) is 1. The maximum Gasteiger partial charge on any atom is 0.289 e. The second kappa shape index (κ2) is 5.18. The average molecular weight is 258 g/mol. The summed E-state index contributed by atoms with van der Waals surface area (Å²) in [5.74, 6) is 0.951. The van der Waals surface area contributed by atoms with E-state index >= 15 is 0 Å². The Kier molecular flexibility index (Phi) is 3.60. The van der Waals surface area contributed by atoms with Crippen molar-refractivity contribution in [3.8, 4) is 0 Å². The van der Waals surface area contributed by atoms with Crippen LogP contribution >= 0.6 is 0 Å². The number of carbonyl (C=O) groups is 1. The molecule has 100 valence electrons. The predicted molar refractivity (Wildman–Crippen MR) is 74.8 cm³/mol. The van der Waals surface area contributed by atoms with Gasteiger partial charge in [-0.05, 0) is 43.7 Å². The third-order valence-electron chi connectivity index (χ3n) is 3.25. The van der Waals surface area contributed by atoms with Crippen LogP contribution in [0.3, 0.4) is 0 Å². The molecular formula is C15H18N2O2. The number of benzene rings is 1. The van der Waals surface area contributed by atoms with Gasteiger partial charge in [0.05, 0.1) is 6.04 Å². The lowest BCUT2D eigenvalue weighted by molar-refractivity contribution is 0.0709. The van der Waals surface area contributed by atoms with E-state index in [9.17, 15) is 4.79 Å². The molecule has 0 aliphatic heterocycles. The van der Waals surface area contributed by atoms with E-state index in [1.807, 2.05) is 38.1 Å². The quantitative estimate of drug-likeness (QED) is 0.861. The first kappa shape index (κ1) is 13.2. The minimum atomic E-state index is -0.136. The molecule has 1 heterocycles. The number of hydrogen-bond donors (Lipinski definition) is 1. The van der Waals surface area contributed by atoms with Crippen molar-refractivity contribution in [2.45, 2.75) is 19.9 Å². The molecule has 0 radical (unpaired) electrons. The third-order valence-corrected chi connectivity index (χ3v) is 3.25. The number of carbonyl (C=O) groups excluding carboxylic acids is 1. The second-order valence-electron chi connectivity index (χ2n) is 4.67. The van der Waals surface area contributed by atoms with Crippen LogP contribution in [0.2, 0.25) is 0 Å². The zero-order chi connectivity index (χ0) is 14.0. The summed E-state index contributed by atoms with van der Waals surface area (Å²) in [6.45, 7) is 3.78. The molecule has 2 aromatic rings. The lowest BCUT2D eigenvalue weighted by Gasteiger charge is -2.24. The van der Waals surface area contributed by atoms with Crippen LogP contribution < -0.4 is 5.73 Å². The van der Waals surface area contributed by atoms with Crippen molar-refractivity contribution in [1.29, 1.82) is 0 Å². The number of amides is 1. The molecule has 0 aliphatic carbocycles. The van der Waals surface area contributed by atoms with Gasteiger partial charge < -0.3 is 15.1 Å². The van der Waals surface area contributed by atoms with Crippen molar-refractivity contribution >= 4 is 11.6 Å². The maximum atomic E-state index is 12.3. The van der Waals surface area contributed by atoms with Crippen LogP contribution in [0.1, 0.15) is 34.8 Å². The van der Waals surface area contributed by atoms with Crippen LogP contribution in [-0.2, 0) is 0 Å². The SMILES string of the molecule is Cc1ccc(C(=O)N(C)C(C)c2cccc(N)c2)o1. The van der Waals surface area contributed by atoms with Crippen LogP contribution in [0.15, 0.2) is 40.8 Å². The van der Waals surface area contributed by atoms with Crippen LogP contribution in [0, 0.1) is 6.92 Å². The molecule has 0 saturated heterocycles. The molecule has 1 aromatic heterocycles. The lowest BCUT2D eigenvalue weighted by atomic mass is 10.1. The van der Waals surface area contributed by atoms with Gasteiger partial charge in [0.2, 0.25) is 0 Å². The minimum Gasteiger partial charge on any atom is -0.456 e. The summed E-state index contributed by atoms with van der Waals surface area (Å²) < 4.78 is 5.36. The van der Waals surface area contributed by atoms with E-state index in [0.717, 1.165) is 11.3 Å². The highest BCUT2D eigenvalue weighted by Crippen LogP contribution is 2.22. The summed E-state index contributed by atoms with van der Waals surface area (Å²) in [6, 6.07) is 11.0. The first-order valence-electron chi connectivity index (χ1n) is 6.18. The van der Waals surface area contributed by atoms with Crippen molar-refractivity contribution < 1.29 is 9.21 Å². The number of aryl methyl sites for hydroxylation is 1. The Morgan fingerprint density at radius 1 is 1.32 bits per heavy atom. The van der Waals surface area contributed by atoms with Crippen molar-refractivity contribution in [2.24, 2.45) is 0 Å². The first-order valence-corrected chi connectivity index (χ1v) is 6.18. The second-order valence-corrected chi connectivity index (χ2v) is 4.67. The highest BCUT2D eigenvalue weighted by molar-refractivity contribution is 5.91. The van der Waals surface area contributed by atoms with Crippen LogP contribution in [0.4, 0.5) is 5.69 Å². The number of nitrogen functional groups attached to an aromatic ring is 1. The predicted octanol–water partition coefficient (Wildman–Crippen LogP) is 3.00. The minimum absolute atomic E-state index is 0.0681. The van der Waals surface area contributed by atoms with Crippen molar-refractivity contribution in [3.05, 3.63) is 53.5 Å². The Bertz CT molecular complexity index is 589. The molecule has 0 fully saturated rings. The summed E-state index contributed by atoms with van der Waals surface area (Å²) in [7, 11) is 1.76. The highest BCUT2D eigenvalue weighted by atomic mass is 16.3. The van der Waals surface area contributed by atoms with E-state index in [1.54, 1.807) is 24.1 Å². The molecule has 4 nitrogen and oxygen atoms in total. The number of furan rings is 1. The van der Waals surface area contributed by atoms with E-state index in [4.69, 9.17) is 10.2 Å². The van der Waals surface area contributed by atoms with Gasteiger partial charge in [-0.2, -0.15) is 0 Å². The highest BCUT2D eigenvalue weighted by Gasteiger charge is 2.21.